The molecule has 0 spiro atoms. The number of anilines is 1. The minimum absolute atomic E-state index is 0.222. The average Bonchev–Trinajstić information content (AvgIpc) is 2.96. The topological polar surface area (TPSA) is 140 Å². The van der Waals surface area contributed by atoms with Crippen LogP contribution in [-0.2, 0) is 11.0 Å². The fraction of sp³-hybridized carbons (Fsp3) is 0.500. The second-order valence-electron chi connectivity index (χ2n) is 4.41. The number of nitrogens with zero attached hydrogens (tertiary/aromatic N) is 4. The summed E-state index contributed by atoms with van der Waals surface area (Å²) >= 11 is 0. The van der Waals surface area contributed by atoms with Crippen LogP contribution < -0.4 is 5.73 Å². The number of hydrogen-bond donors (Lipinski definition) is 4. The van der Waals surface area contributed by atoms with E-state index in [1.807, 2.05) is 0 Å². The SMILES string of the molecule is Nc1ncnc2c1ncn2[C@]1([Cm])O[C@H](CO)[C@@H](O)[C@H]1O. The molecule has 4 atom stereocenters. The Kier molecular flexibility index (Phi) is 2.35. The van der Waals surface area contributed by atoms with Crippen LogP contribution in [0.5, 0.6) is 0 Å². The first kappa shape index (κ1) is 12.2. The van der Waals surface area contributed by atoms with E-state index in [9.17, 15) is 15.3 Å². The Hall–Kier alpha value is -2.81. The molecule has 9 nitrogen and oxygen atoms in total. The van der Waals surface area contributed by atoms with Gasteiger partial charge in [-0.2, -0.15) is 0 Å². The predicted molar refractivity (Wildman–Crippen MR) is 61.7 cm³/mol. The Morgan fingerprint density at radius 2 is 2.15 bits per heavy atom. The number of hydrogen-bond acceptors (Lipinski definition) is 8. The molecular weight excluding hydrogens is 501 g/mol. The van der Waals surface area contributed by atoms with E-state index < -0.39 is 31.1 Å². The van der Waals surface area contributed by atoms with Gasteiger partial charge in [0.25, 0.3) is 0 Å². The van der Waals surface area contributed by atoms with Crippen LogP contribution in [0.3, 0.4) is 0 Å². The van der Waals surface area contributed by atoms with Crippen LogP contribution in [0.4, 0.5) is 5.82 Å². The summed E-state index contributed by atoms with van der Waals surface area (Å²) in [5.41, 5.74) is 6.51. The fourth-order valence-corrected chi connectivity index (χ4v) is 3.60. The van der Waals surface area contributed by atoms with Crippen molar-refractivity contribution in [2.24, 2.45) is 0 Å². The molecule has 10 heteroatoms. The second kappa shape index (κ2) is 3.84. The van der Waals surface area contributed by atoms with Crippen molar-refractivity contribution in [3.8, 4) is 0 Å². The van der Waals surface area contributed by atoms with Crippen LogP contribution in [0.15, 0.2) is 12.7 Å². The molecule has 1 aliphatic heterocycles. The van der Waals surface area contributed by atoms with E-state index in [0.717, 1.165) is 0 Å². The van der Waals surface area contributed by atoms with Crippen LogP contribution in [-0.4, -0.2) is 59.8 Å². The molecule has 109 valence electrons. The Bertz CT molecular complexity index is 652. The third kappa shape index (κ3) is 1.37. The molecular formula is C10H12CmN5O4. The number of aromatic nitrogens is 4. The number of ether oxygens (including phenoxy) is 1. The van der Waals surface area contributed by atoms with Crippen LogP contribution in [0, 0.1) is 0 Å². The van der Waals surface area contributed by atoms with E-state index in [1.165, 1.54) is 17.2 Å². The summed E-state index contributed by atoms with van der Waals surface area (Å²) in [6.07, 6.45) is -1.75. The molecule has 2 aromatic rings. The molecule has 3 rings (SSSR count). The molecule has 2 aromatic heterocycles. The van der Waals surface area contributed by atoms with E-state index in [2.05, 4.69) is 15.0 Å². The number of nitrogens with two attached hydrogens (primary N) is 1. The summed E-state index contributed by atoms with van der Waals surface area (Å²) in [7, 11) is 0. The van der Waals surface area contributed by atoms with Crippen molar-refractivity contribution in [2.45, 2.75) is 24.5 Å². The zero-order chi connectivity index (χ0) is 14.5. The third-order valence-electron chi connectivity index (χ3n) is 3.24. The molecule has 5 N–H and O–H groups in total. The van der Waals surface area contributed by atoms with Crippen molar-refractivity contribution in [1.82, 2.24) is 19.5 Å². The first-order chi connectivity index (χ1) is 9.49. The second-order valence-corrected chi connectivity index (χ2v) is 6.52. The quantitative estimate of drug-likeness (QED) is 0.351. The molecule has 1 aliphatic rings. The van der Waals surface area contributed by atoms with Gasteiger partial charge in [-0.25, -0.2) is 0 Å². The summed E-state index contributed by atoms with van der Waals surface area (Å²) < 4.78 is 7.95. The first-order valence-corrected chi connectivity index (χ1v) is 7.22. The fourth-order valence-electron chi connectivity index (χ4n) is 2.17. The van der Waals surface area contributed by atoms with E-state index in [0.29, 0.717) is 11.2 Å². The van der Waals surface area contributed by atoms with Crippen molar-refractivity contribution in [1.29, 1.82) is 0 Å². The van der Waals surface area contributed by atoms with Crippen molar-refractivity contribution in [3.05, 3.63) is 12.7 Å². The van der Waals surface area contributed by atoms with Crippen molar-refractivity contribution < 1.29 is 20.1 Å². The normalized spacial score (nSPS) is 34.0. The van der Waals surface area contributed by atoms with Gasteiger partial charge >= 0.3 is 106 Å². The van der Waals surface area contributed by atoms with Gasteiger partial charge in [0.1, 0.15) is 0 Å². The number of imidazole rings is 1. The Morgan fingerprint density at radius 3 is 2.80 bits per heavy atom. The molecule has 1 fully saturated rings. The maximum atomic E-state index is 10.2. The molecule has 0 aromatic carbocycles. The molecule has 0 bridgehead atoms. The van der Waals surface area contributed by atoms with Gasteiger partial charge in [0.05, 0.1) is 0 Å². The number of aliphatic hydroxyl groups excluding tert-OH is 3. The Morgan fingerprint density at radius 1 is 1.40 bits per heavy atom. The van der Waals surface area contributed by atoms with E-state index in [1.54, 1.807) is 0 Å². The van der Waals surface area contributed by atoms with Crippen molar-refractivity contribution >= 4 is 17.0 Å². The Balaban J connectivity index is 2.13. The summed E-state index contributed by atoms with van der Waals surface area (Å²) in [6.45, 7) is -0.391. The summed E-state index contributed by atoms with van der Waals surface area (Å²) in [4.78, 5) is 12.0. The first-order valence-electron chi connectivity index (χ1n) is 5.75. The zero-order valence-electron chi connectivity index (χ0n) is 10.1. The van der Waals surface area contributed by atoms with Crippen molar-refractivity contribution in [2.75, 3.05) is 12.3 Å². The van der Waals surface area contributed by atoms with Gasteiger partial charge in [0, 0.05) is 0 Å². The van der Waals surface area contributed by atoms with Gasteiger partial charge in [-0.3, -0.25) is 0 Å². The molecule has 1 saturated heterocycles. The average molecular weight is 513 g/mol. The predicted octanol–water partition coefficient (Wildman–Crippen LogP) is -2.32. The van der Waals surface area contributed by atoms with E-state index in [4.69, 9.17) is 10.5 Å². The minimum atomic E-state index is -1.22. The number of rotatable bonds is 2. The summed E-state index contributed by atoms with van der Waals surface area (Å²) in [5, 5.41) is 29.3. The molecule has 0 aliphatic carbocycles. The maximum absolute atomic E-state index is 10.2. The molecule has 0 saturated carbocycles. The van der Waals surface area contributed by atoms with Gasteiger partial charge < -0.3 is 0 Å². The van der Waals surface area contributed by atoms with Crippen LogP contribution in [0.25, 0.3) is 11.2 Å². The monoisotopic (exact) mass is 509 g/mol. The molecule has 0 unspecified atom stereocenters. The van der Waals surface area contributed by atoms with Gasteiger partial charge in [-0.1, -0.05) is 0 Å². The molecule has 0 amide bonds. The van der Waals surface area contributed by atoms with Crippen LogP contribution in [0.2, 0.25) is 0 Å². The van der Waals surface area contributed by atoms with Gasteiger partial charge in [-0.15, -0.1) is 0 Å². The zero-order valence-corrected chi connectivity index (χ0v) is 13.0. The van der Waals surface area contributed by atoms with Crippen LogP contribution >= 0.6 is 0 Å². The number of aliphatic hydroxyl groups is 3. The van der Waals surface area contributed by atoms with Crippen molar-refractivity contribution in [3.63, 3.8) is 0 Å². The van der Waals surface area contributed by atoms with Gasteiger partial charge in [0.2, 0.25) is 0 Å². The molecule has 3 heterocycles. The molecule has 0 radical (unpaired) electrons. The van der Waals surface area contributed by atoms with Gasteiger partial charge in [-0.05, 0) is 0 Å². The molecule has 20 heavy (non-hydrogen) atoms. The standard InChI is InChI=1S/C10H12N5O4.Cm/c11-8-5-9(13-2-12-8)15(3-14-5)10-7(18)6(17)4(1-16)19-10;/h2-4,6-7,16-18H,1H2,(H2,11,12,13);/t4-,6-,7-;/m1./s1. The number of nitrogen functional groups attached to an aromatic ring is 1. The summed E-state index contributed by atoms with van der Waals surface area (Å²) in [6, 6.07) is 0. The van der Waals surface area contributed by atoms with Crippen LogP contribution in [0.1, 0.15) is 0 Å². The third-order valence-corrected chi connectivity index (χ3v) is 5.17. The summed E-state index contributed by atoms with van der Waals surface area (Å²) in [5.74, 6) is 0.222. The van der Waals surface area contributed by atoms with Gasteiger partial charge in [0.15, 0.2) is 0 Å². The van der Waals surface area contributed by atoms with E-state index >= 15 is 0 Å². The number of fused-ring (bicyclic) bond motifs is 1. The Labute approximate surface area is 107 Å². The van der Waals surface area contributed by atoms with E-state index in [-0.39, 0.29) is 5.82 Å².